The highest BCUT2D eigenvalue weighted by Crippen LogP contribution is 2.00. The number of hydroxylamine groups is 1. The third-order valence-corrected chi connectivity index (χ3v) is 1.05. The first-order valence-corrected chi connectivity index (χ1v) is 2.86. The van der Waals surface area contributed by atoms with E-state index in [4.69, 9.17) is 0 Å². The molecular weight excluding hydrogens is 138 g/mol. The maximum absolute atomic E-state index is 9.91. The molecule has 1 aliphatic heterocycles. The van der Waals surface area contributed by atoms with E-state index >= 15 is 0 Å². The quantitative estimate of drug-likeness (QED) is 0.460. The normalized spacial score (nSPS) is 24.2. The summed E-state index contributed by atoms with van der Waals surface area (Å²) in [5.74, 6) is 0. The average Bonchev–Trinajstić information content (AvgIpc) is 1.82. The number of nitrogens with one attached hydrogen (secondary N) is 1. The summed E-state index contributed by atoms with van der Waals surface area (Å²) in [5.41, 5.74) is 1.46. The van der Waals surface area contributed by atoms with Crippen molar-refractivity contribution in [2.45, 2.75) is 0 Å². The van der Waals surface area contributed by atoms with Crippen molar-refractivity contribution in [3.8, 4) is 0 Å². The van der Waals surface area contributed by atoms with Crippen LogP contribution in [0.3, 0.4) is 0 Å². The van der Waals surface area contributed by atoms with Crippen LogP contribution in [0.25, 0.3) is 0 Å². The maximum atomic E-state index is 9.91. The van der Waals surface area contributed by atoms with Gasteiger partial charge in [-0.25, -0.2) is 4.79 Å². The minimum atomic E-state index is -4.06. The van der Waals surface area contributed by atoms with Gasteiger partial charge in [-0.1, -0.05) is 0 Å². The molecule has 1 amide bonds. The van der Waals surface area contributed by atoms with E-state index in [-0.39, 0.29) is 0 Å². The summed E-state index contributed by atoms with van der Waals surface area (Å²) in [7, 11) is -4.06. The maximum Gasteiger partial charge on any atom is 0.474 e. The summed E-state index contributed by atoms with van der Waals surface area (Å²) in [6.45, 7) is 0. The fourth-order valence-electron chi connectivity index (χ4n) is 0.212. The van der Waals surface area contributed by atoms with Gasteiger partial charge in [-0.2, -0.15) is 13.9 Å². The molecule has 0 aromatic rings. The molecule has 6 nitrogen and oxygen atoms in total. The number of amides is 1. The van der Waals surface area contributed by atoms with Crippen LogP contribution in [0.15, 0.2) is 0 Å². The molecule has 1 fully saturated rings. The van der Waals surface area contributed by atoms with E-state index in [1.54, 1.807) is 0 Å². The van der Waals surface area contributed by atoms with Gasteiger partial charge in [0.05, 0.1) is 0 Å². The number of carbonyl (C=O) groups is 1. The number of hydrogen-bond donors (Lipinski definition) is 1. The average molecular weight is 139 g/mol. The van der Waals surface area contributed by atoms with Crippen LogP contribution < -0.4 is 5.48 Å². The molecule has 0 spiro atoms. The Hall–Kier alpha value is -0.820. The summed E-state index contributed by atoms with van der Waals surface area (Å²) in [4.78, 5) is 9.82. The van der Waals surface area contributed by atoms with Crippen LogP contribution in [0.4, 0.5) is 4.79 Å². The summed E-state index contributed by atoms with van der Waals surface area (Å²) < 4.78 is 27.0. The zero-order valence-electron chi connectivity index (χ0n) is 3.45. The van der Waals surface area contributed by atoms with Gasteiger partial charge >= 0.3 is 16.5 Å². The summed E-state index contributed by atoms with van der Waals surface area (Å²) in [6, 6.07) is 0. The largest absolute Gasteiger partial charge is 0.474 e. The molecule has 0 saturated carbocycles. The molecule has 46 valence electrons. The van der Waals surface area contributed by atoms with Crippen LogP contribution in [0.5, 0.6) is 0 Å². The molecular formula is CHNO5S. The van der Waals surface area contributed by atoms with E-state index in [1.807, 2.05) is 0 Å². The Morgan fingerprint density at radius 1 is 1.50 bits per heavy atom. The highest BCUT2D eigenvalue weighted by atomic mass is 32.3. The van der Waals surface area contributed by atoms with Crippen LogP contribution in [0.2, 0.25) is 0 Å². The smallest absolute Gasteiger partial charge is 0.303 e. The van der Waals surface area contributed by atoms with Gasteiger partial charge < -0.3 is 4.18 Å². The van der Waals surface area contributed by atoms with E-state index in [0.717, 1.165) is 0 Å². The predicted molar refractivity (Wildman–Crippen MR) is 19.6 cm³/mol. The molecule has 0 unspecified atom stereocenters. The summed E-state index contributed by atoms with van der Waals surface area (Å²) >= 11 is 0. The molecule has 0 atom stereocenters. The van der Waals surface area contributed by atoms with E-state index in [9.17, 15) is 13.2 Å². The first-order chi connectivity index (χ1) is 3.60. The number of carbonyl (C=O) groups excluding carboxylic acids is 1. The minimum Gasteiger partial charge on any atom is -0.303 e. The van der Waals surface area contributed by atoms with Gasteiger partial charge in [0.15, 0.2) is 0 Å². The van der Waals surface area contributed by atoms with Crippen molar-refractivity contribution in [1.29, 1.82) is 0 Å². The lowest BCUT2D eigenvalue weighted by Gasteiger charge is -1.79. The Balaban J connectivity index is 2.86. The molecule has 1 saturated heterocycles. The van der Waals surface area contributed by atoms with E-state index in [2.05, 4.69) is 8.47 Å². The first kappa shape index (κ1) is 5.32. The second kappa shape index (κ2) is 1.33. The molecule has 8 heavy (non-hydrogen) atoms. The van der Waals surface area contributed by atoms with Crippen molar-refractivity contribution in [3.05, 3.63) is 0 Å². The molecule has 0 aromatic carbocycles. The SMILES string of the molecule is O=C1NOS(=O)(=O)O1. The third kappa shape index (κ3) is 0.873. The summed E-state index contributed by atoms with van der Waals surface area (Å²) in [5, 5.41) is 0. The van der Waals surface area contributed by atoms with Crippen molar-refractivity contribution < 1.29 is 21.7 Å². The predicted octanol–water partition coefficient (Wildman–Crippen LogP) is -1.10. The van der Waals surface area contributed by atoms with Crippen LogP contribution in [0.1, 0.15) is 0 Å². The van der Waals surface area contributed by atoms with Gasteiger partial charge in [-0.05, 0) is 0 Å². The molecule has 1 heterocycles. The first-order valence-electron chi connectivity index (χ1n) is 1.53. The van der Waals surface area contributed by atoms with Crippen LogP contribution in [-0.4, -0.2) is 14.5 Å². The fraction of sp³-hybridized carbons (Fsp3) is 0. The zero-order valence-corrected chi connectivity index (χ0v) is 4.27. The molecule has 0 aromatic heterocycles. The highest BCUT2D eigenvalue weighted by molar-refractivity contribution is 7.82. The zero-order chi connectivity index (χ0) is 6.20. The topological polar surface area (TPSA) is 81.7 Å². The van der Waals surface area contributed by atoms with E-state index in [1.165, 1.54) is 5.48 Å². The van der Waals surface area contributed by atoms with Crippen molar-refractivity contribution in [1.82, 2.24) is 5.48 Å². The molecule has 7 heteroatoms. The Kier molecular flexibility index (Phi) is 0.882. The Morgan fingerprint density at radius 2 is 2.12 bits per heavy atom. The van der Waals surface area contributed by atoms with E-state index < -0.39 is 16.5 Å². The van der Waals surface area contributed by atoms with Gasteiger partial charge in [0, 0.05) is 0 Å². The van der Waals surface area contributed by atoms with Gasteiger partial charge in [0.25, 0.3) is 0 Å². The van der Waals surface area contributed by atoms with Crippen molar-refractivity contribution in [3.63, 3.8) is 0 Å². The van der Waals surface area contributed by atoms with Gasteiger partial charge in [0.2, 0.25) is 0 Å². The fourth-order valence-corrected chi connectivity index (χ4v) is 0.635. The van der Waals surface area contributed by atoms with E-state index in [0.29, 0.717) is 0 Å². The van der Waals surface area contributed by atoms with Crippen LogP contribution >= 0.6 is 0 Å². The van der Waals surface area contributed by atoms with Gasteiger partial charge in [-0.3, -0.25) is 0 Å². The van der Waals surface area contributed by atoms with Gasteiger partial charge in [0.1, 0.15) is 0 Å². The lowest BCUT2D eigenvalue weighted by Crippen LogP contribution is -2.10. The Bertz CT molecular complexity index is 202. The summed E-state index contributed by atoms with van der Waals surface area (Å²) in [6.07, 6.45) is -1.12. The molecule has 1 N–H and O–H groups in total. The third-order valence-electron chi connectivity index (χ3n) is 0.405. The molecule has 0 aliphatic carbocycles. The Labute approximate surface area is 44.7 Å². The molecule has 1 aliphatic rings. The second-order valence-corrected chi connectivity index (χ2v) is 2.11. The second-order valence-electron chi connectivity index (χ2n) is 0.964. The van der Waals surface area contributed by atoms with Crippen molar-refractivity contribution >= 4 is 16.5 Å². The van der Waals surface area contributed by atoms with Gasteiger partial charge in [-0.15, -0.1) is 4.28 Å². The molecule has 1 rings (SSSR count). The minimum absolute atomic E-state index is 1.12. The lowest BCUT2D eigenvalue weighted by atomic mass is 11.3. The van der Waals surface area contributed by atoms with Crippen molar-refractivity contribution in [2.75, 3.05) is 0 Å². The van der Waals surface area contributed by atoms with Crippen LogP contribution in [0, 0.1) is 0 Å². The lowest BCUT2D eigenvalue weighted by molar-refractivity contribution is 0.191. The monoisotopic (exact) mass is 139 g/mol. The van der Waals surface area contributed by atoms with Crippen molar-refractivity contribution in [2.24, 2.45) is 0 Å². The standard InChI is InChI=1S/CHNO5S/c3-1-2-7-8(4,5)6-1/h(H,2,3). The molecule has 0 radical (unpaired) electrons. The number of rotatable bonds is 0. The highest BCUT2D eigenvalue weighted by Gasteiger charge is 2.27. The van der Waals surface area contributed by atoms with Crippen LogP contribution in [-0.2, 0) is 18.9 Å². The number of hydrogen-bond acceptors (Lipinski definition) is 5. The Morgan fingerprint density at radius 3 is 2.25 bits per heavy atom. The molecule has 0 bridgehead atoms.